The molecule has 1 aromatic rings. The summed E-state index contributed by atoms with van der Waals surface area (Å²) in [4.78, 5) is 37.1. The maximum Gasteiger partial charge on any atom is 0.356 e. The van der Waals surface area contributed by atoms with Gasteiger partial charge in [0.2, 0.25) is 5.91 Å². The number of nitrogens with zero attached hydrogens (tertiary/aromatic N) is 1. The van der Waals surface area contributed by atoms with Gasteiger partial charge < -0.3 is 14.6 Å². The van der Waals surface area contributed by atoms with Crippen LogP contribution in [-0.2, 0) is 45.2 Å². The van der Waals surface area contributed by atoms with Crippen molar-refractivity contribution in [2.45, 2.75) is 29.7 Å². The highest BCUT2D eigenvalue weighted by Gasteiger charge is 2.55. The molecular weight excluding hydrogens is 488 g/mol. The number of thioether (sulfide) groups is 1. The molecule has 0 aliphatic carbocycles. The number of hydrogen-bond acceptors (Lipinski definition) is 9. The van der Waals surface area contributed by atoms with Gasteiger partial charge in [0.05, 0.1) is 22.8 Å². The van der Waals surface area contributed by atoms with Gasteiger partial charge in [-0.05, 0) is 18.6 Å². The zero-order valence-corrected chi connectivity index (χ0v) is 18.9. The van der Waals surface area contributed by atoms with Crippen LogP contribution in [-0.4, -0.2) is 72.1 Å². The van der Waals surface area contributed by atoms with Crippen molar-refractivity contribution in [1.82, 2.24) is 10.2 Å². The van der Waals surface area contributed by atoms with Gasteiger partial charge in [-0.3, -0.25) is 19.0 Å². The largest absolute Gasteiger partial charge is 0.476 e. The first-order chi connectivity index (χ1) is 14.9. The molecule has 2 aliphatic heterocycles. The van der Waals surface area contributed by atoms with Gasteiger partial charge in [-0.2, -0.15) is 16.8 Å². The number of amides is 2. The Hall–Kier alpha value is -2.62. The number of rotatable bonds is 8. The molecule has 0 aromatic heterocycles. The number of nitrogens with one attached hydrogen (secondary N) is 1. The molecule has 1 aromatic carbocycles. The topological polar surface area (TPSA) is 184 Å². The molecule has 2 heterocycles. The molecule has 1 unspecified atom stereocenters. The van der Waals surface area contributed by atoms with E-state index >= 15 is 0 Å². The Morgan fingerprint density at radius 2 is 1.91 bits per heavy atom. The number of fused-ring (bicyclic) bond motifs is 1. The highest BCUT2D eigenvalue weighted by atomic mass is 32.2. The standard InChI is InChI=1S/C17H18N2O10S3/c1-2-31(24,25)29-10-8-30-16-13(15(21)19(16)14(10)17(22)23)18-12(20)7-9-5-3-4-6-11(9)32(26,27)28/h3-6,13,16H,2,7-8H2,1H3,(H,18,20)(H,22,23)(H,26,27,28)/t13?,16-/m1/s1. The summed E-state index contributed by atoms with van der Waals surface area (Å²) < 4.78 is 60.5. The lowest BCUT2D eigenvalue weighted by molar-refractivity contribution is -0.151. The van der Waals surface area contributed by atoms with Crippen LogP contribution in [0.15, 0.2) is 40.6 Å². The van der Waals surface area contributed by atoms with Crippen LogP contribution in [0.3, 0.4) is 0 Å². The molecule has 3 N–H and O–H groups in total. The summed E-state index contributed by atoms with van der Waals surface area (Å²) in [5.41, 5.74) is -0.600. The SMILES string of the molecule is CCS(=O)(=O)OC1=C(C(=O)O)N2C(=O)C(NC(=O)Cc3ccccc3S(=O)(=O)O)[C@H]2SC1. The van der Waals surface area contributed by atoms with Gasteiger partial charge in [-0.1, -0.05) is 18.2 Å². The van der Waals surface area contributed by atoms with Gasteiger partial charge in [0.25, 0.3) is 16.0 Å². The smallest absolute Gasteiger partial charge is 0.356 e. The summed E-state index contributed by atoms with van der Waals surface area (Å²) in [6.07, 6.45) is -0.456. The number of carbonyl (C=O) groups excluding carboxylic acids is 2. The van der Waals surface area contributed by atoms with Crippen molar-refractivity contribution in [1.29, 1.82) is 0 Å². The van der Waals surface area contributed by atoms with Crippen LogP contribution in [0.1, 0.15) is 12.5 Å². The summed E-state index contributed by atoms with van der Waals surface area (Å²) in [5, 5.41) is 11.1. The molecule has 2 amide bonds. The number of carbonyl (C=O) groups is 3. The first-order valence-corrected chi connectivity index (χ1v) is 13.1. The molecule has 0 bridgehead atoms. The molecule has 0 spiro atoms. The second-order valence-electron chi connectivity index (χ2n) is 6.72. The Morgan fingerprint density at radius 3 is 2.50 bits per heavy atom. The minimum atomic E-state index is -4.56. The third-order valence-electron chi connectivity index (χ3n) is 4.64. The number of hydrogen-bond donors (Lipinski definition) is 3. The minimum Gasteiger partial charge on any atom is -0.476 e. The number of aliphatic carboxylic acids is 1. The molecule has 2 atom stereocenters. The van der Waals surface area contributed by atoms with Gasteiger partial charge in [0, 0.05) is 0 Å². The molecule has 12 nitrogen and oxygen atoms in total. The van der Waals surface area contributed by atoms with Crippen molar-refractivity contribution in [3.05, 3.63) is 41.3 Å². The summed E-state index contributed by atoms with van der Waals surface area (Å²) in [6.45, 7) is 1.32. The third kappa shape index (κ3) is 4.74. The van der Waals surface area contributed by atoms with Crippen molar-refractivity contribution in [3.63, 3.8) is 0 Å². The molecule has 3 rings (SSSR count). The van der Waals surface area contributed by atoms with E-state index in [4.69, 9.17) is 4.18 Å². The zero-order valence-electron chi connectivity index (χ0n) is 16.4. The summed E-state index contributed by atoms with van der Waals surface area (Å²) in [7, 11) is -8.58. The molecule has 32 heavy (non-hydrogen) atoms. The van der Waals surface area contributed by atoms with E-state index < -0.39 is 72.2 Å². The first kappa shape index (κ1) is 24.0. The molecule has 2 aliphatic rings. The van der Waals surface area contributed by atoms with E-state index in [-0.39, 0.29) is 17.1 Å². The van der Waals surface area contributed by atoms with Crippen molar-refractivity contribution in [3.8, 4) is 0 Å². The van der Waals surface area contributed by atoms with E-state index in [1.165, 1.54) is 25.1 Å². The van der Waals surface area contributed by atoms with E-state index in [0.29, 0.717) is 0 Å². The van der Waals surface area contributed by atoms with E-state index in [0.717, 1.165) is 22.7 Å². The molecule has 174 valence electrons. The monoisotopic (exact) mass is 506 g/mol. The van der Waals surface area contributed by atoms with Crippen molar-refractivity contribution < 1.29 is 45.1 Å². The molecule has 1 fully saturated rings. The fourth-order valence-corrected chi connectivity index (χ4v) is 5.78. The lowest BCUT2D eigenvalue weighted by Crippen LogP contribution is -2.70. The van der Waals surface area contributed by atoms with Gasteiger partial charge in [0.1, 0.15) is 11.4 Å². The van der Waals surface area contributed by atoms with Gasteiger partial charge in [0.15, 0.2) is 11.5 Å². The number of carboxylic acid groups (broad SMARTS) is 1. The van der Waals surface area contributed by atoms with Crippen LogP contribution in [0.5, 0.6) is 0 Å². The second-order valence-corrected chi connectivity index (χ2v) is 11.1. The van der Waals surface area contributed by atoms with Gasteiger partial charge >= 0.3 is 16.1 Å². The minimum absolute atomic E-state index is 0.0130. The number of β-lactam (4-membered cyclic amide) rings is 1. The highest BCUT2D eigenvalue weighted by Crippen LogP contribution is 2.41. The Morgan fingerprint density at radius 1 is 1.25 bits per heavy atom. The van der Waals surface area contributed by atoms with E-state index in [9.17, 15) is 40.9 Å². The van der Waals surface area contributed by atoms with E-state index in [1.807, 2.05) is 0 Å². The third-order valence-corrected chi connectivity index (χ3v) is 8.00. The lowest BCUT2D eigenvalue weighted by atomic mass is 10.0. The molecule has 1 saturated heterocycles. The average molecular weight is 507 g/mol. The average Bonchev–Trinajstić information content (AvgIpc) is 2.70. The first-order valence-electron chi connectivity index (χ1n) is 9.03. The Kier molecular flexibility index (Phi) is 6.55. The Labute approximate surface area is 187 Å². The highest BCUT2D eigenvalue weighted by molar-refractivity contribution is 8.00. The van der Waals surface area contributed by atoms with Crippen molar-refractivity contribution >= 4 is 49.8 Å². The zero-order chi connectivity index (χ0) is 23.8. The Balaban J connectivity index is 1.77. The Bertz CT molecular complexity index is 1220. The van der Waals surface area contributed by atoms with Gasteiger partial charge in [-0.25, -0.2) is 4.79 Å². The molecule has 15 heteroatoms. The van der Waals surface area contributed by atoms with Crippen LogP contribution < -0.4 is 5.32 Å². The van der Waals surface area contributed by atoms with Crippen molar-refractivity contribution in [2.24, 2.45) is 0 Å². The second kappa shape index (κ2) is 8.73. The van der Waals surface area contributed by atoms with Crippen molar-refractivity contribution in [2.75, 3.05) is 11.5 Å². The number of benzene rings is 1. The van der Waals surface area contributed by atoms with E-state index in [1.54, 1.807) is 0 Å². The van der Waals surface area contributed by atoms with Crippen LogP contribution in [0, 0.1) is 0 Å². The summed E-state index contributed by atoms with van der Waals surface area (Å²) >= 11 is 1.00. The fourth-order valence-electron chi connectivity index (χ4n) is 3.17. The fraction of sp³-hybridized carbons (Fsp3) is 0.353. The number of carboxylic acids is 1. The summed E-state index contributed by atoms with van der Waals surface area (Å²) in [5.74, 6) is -4.01. The normalized spacial score (nSPS) is 20.9. The van der Waals surface area contributed by atoms with Gasteiger partial charge in [-0.15, -0.1) is 11.8 Å². The molecule has 0 radical (unpaired) electrons. The summed E-state index contributed by atoms with van der Waals surface area (Å²) in [6, 6.07) is 4.19. The molecule has 0 saturated carbocycles. The van der Waals surface area contributed by atoms with E-state index in [2.05, 4.69) is 5.32 Å². The quantitative estimate of drug-likeness (QED) is 0.235. The predicted molar refractivity (Wildman–Crippen MR) is 110 cm³/mol. The lowest BCUT2D eigenvalue weighted by Gasteiger charge is -2.48. The molecular formula is C17H18N2O10S3. The maximum atomic E-state index is 12.6. The van der Waals surface area contributed by atoms with Crippen LogP contribution in [0.25, 0.3) is 0 Å². The van der Waals surface area contributed by atoms with Crippen LogP contribution >= 0.6 is 11.8 Å². The predicted octanol–water partition coefficient (Wildman–Crippen LogP) is -0.462. The van der Waals surface area contributed by atoms with Crippen LogP contribution in [0.4, 0.5) is 0 Å². The van der Waals surface area contributed by atoms with Crippen LogP contribution in [0.2, 0.25) is 0 Å². The maximum absolute atomic E-state index is 12.6.